The zero-order chi connectivity index (χ0) is 17.4. The number of nitro benzene ring substituents is 1. The molecule has 1 aliphatic rings. The second-order valence-corrected chi connectivity index (χ2v) is 7.54. The predicted octanol–water partition coefficient (Wildman–Crippen LogP) is 2.46. The molecule has 0 aliphatic carbocycles. The highest BCUT2D eigenvalue weighted by Gasteiger charge is 2.40. The number of nitrogens with two attached hydrogens (primary N) is 1. The van der Waals surface area contributed by atoms with E-state index < -0.39 is 10.3 Å². The van der Waals surface area contributed by atoms with Gasteiger partial charge in [0.1, 0.15) is 0 Å². The van der Waals surface area contributed by atoms with Gasteiger partial charge in [0.15, 0.2) is 0 Å². The second-order valence-electron chi connectivity index (χ2n) is 7.54. The molecule has 126 valence electrons. The van der Waals surface area contributed by atoms with Crippen LogP contribution >= 0.6 is 0 Å². The molecular weight excluding hydrogens is 294 g/mol. The van der Waals surface area contributed by atoms with Crippen LogP contribution in [-0.2, 0) is 10.2 Å². The lowest BCUT2D eigenvalue weighted by Gasteiger charge is -2.45. The van der Waals surface area contributed by atoms with Gasteiger partial charge in [-0.2, -0.15) is 0 Å². The minimum absolute atomic E-state index is 0.0297. The molecule has 1 aromatic rings. The molecular formula is C17H25N3O3. The van der Waals surface area contributed by atoms with Gasteiger partial charge in [-0.05, 0) is 31.2 Å². The Morgan fingerprint density at radius 3 is 2.39 bits per heavy atom. The number of non-ortho nitro benzene ring substituents is 1. The number of nitro groups is 1. The van der Waals surface area contributed by atoms with Gasteiger partial charge in [0.2, 0.25) is 5.91 Å². The first-order chi connectivity index (χ1) is 10.6. The molecule has 0 spiro atoms. The summed E-state index contributed by atoms with van der Waals surface area (Å²) in [5, 5.41) is 10.8. The number of nitrogens with zero attached hydrogens (tertiary/aromatic N) is 2. The minimum Gasteiger partial charge on any atom is -0.341 e. The van der Waals surface area contributed by atoms with Gasteiger partial charge >= 0.3 is 0 Å². The summed E-state index contributed by atoms with van der Waals surface area (Å²) in [6.07, 6.45) is 0.787. The van der Waals surface area contributed by atoms with E-state index in [9.17, 15) is 14.9 Å². The lowest BCUT2D eigenvalue weighted by Crippen LogP contribution is -2.56. The molecule has 1 aromatic carbocycles. The van der Waals surface area contributed by atoms with E-state index >= 15 is 0 Å². The average Bonchev–Trinajstić information content (AvgIpc) is 2.49. The molecule has 2 N–H and O–H groups in total. The quantitative estimate of drug-likeness (QED) is 0.684. The predicted molar refractivity (Wildman–Crippen MR) is 89.1 cm³/mol. The fraction of sp³-hybridized carbons (Fsp3) is 0.588. The van der Waals surface area contributed by atoms with Gasteiger partial charge in [0.05, 0.1) is 10.3 Å². The number of carbonyl (C=O) groups excluding carboxylic acids is 1. The Morgan fingerprint density at radius 1 is 1.35 bits per heavy atom. The van der Waals surface area contributed by atoms with E-state index in [0.717, 1.165) is 12.0 Å². The van der Waals surface area contributed by atoms with Crippen molar-refractivity contribution in [2.45, 2.75) is 45.6 Å². The van der Waals surface area contributed by atoms with Crippen LogP contribution in [0.2, 0.25) is 0 Å². The van der Waals surface area contributed by atoms with Crippen molar-refractivity contribution in [1.82, 2.24) is 4.90 Å². The van der Waals surface area contributed by atoms with Crippen LogP contribution < -0.4 is 5.73 Å². The highest BCUT2D eigenvalue weighted by molar-refractivity contribution is 5.87. The van der Waals surface area contributed by atoms with Crippen molar-refractivity contribution < 1.29 is 9.72 Å². The first kappa shape index (κ1) is 17.4. The third-order valence-corrected chi connectivity index (χ3v) is 4.93. The van der Waals surface area contributed by atoms with E-state index in [1.54, 1.807) is 12.1 Å². The molecule has 0 aromatic heterocycles. The van der Waals surface area contributed by atoms with Crippen LogP contribution in [0.15, 0.2) is 24.3 Å². The fourth-order valence-corrected chi connectivity index (χ4v) is 3.07. The number of hydrogen-bond acceptors (Lipinski definition) is 4. The largest absolute Gasteiger partial charge is 0.341 e. The van der Waals surface area contributed by atoms with Gasteiger partial charge in [-0.15, -0.1) is 0 Å². The molecule has 1 fully saturated rings. The van der Waals surface area contributed by atoms with Crippen molar-refractivity contribution in [3.63, 3.8) is 0 Å². The van der Waals surface area contributed by atoms with Gasteiger partial charge in [-0.1, -0.05) is 26.0 Å². The van der Waals surface area contributed by atoms with Gasteiger partial charge in [-0.25, -0.2) is 0 Å². The standard InChI is InChI=1S/C17H25N3O3/c1-16(2)11-19(10-9-14(16)18)15(21)17(3,4)12-5-7-13(8-6-12)20(22)23/h5-8,14H,9-11,18H2,1-4H3. The summed E-state index contributed by atoms with van der Waals surface area (Å²) >= 11 is 0. The molecule has 1 unspecified atom stereocenters. The second kappa shape index (κ2) is 5.92. The Morgan fingerprint density at radius 2 is 1.91 bits per heavy atom. The molecule has 1 atom stereocenters. The maximum absolute atomic E-state index is 13.0. The van der Waals surface area contributed by atoms with Crippen molar-refractivity contribution in [3.05, 3.63) is 39.9 Å². The maximum atomic E-state index is 13.0. The lowest BCUT2D eigenvalue weighted by atomic mass is 9.77. The topological polar surface area (TPSA) is 89.5 Å². The first-order valence-electron chi connectivity index (χ1n) is 7.85. The number of amides is 1. The van der Waals surface area contributed by atoms with Crippen molar-refractivity contribution in [2.24, 2.45) is 11.1 Å². The molecule has 0 radical (unpaired) electrons. The molecule has 2 rings (SSSR count). The van der Waals surface area contributed by atoms with Crippen LogP contribution in [-0.4, -0.2) is 34.9 Å². The fourth-order valence-electron chi connectivity index (χ4n) is 3.07. The Balaban J connectivity index is 2.21. The Labute approximate surface area is 136 Å². The monoisotopic (exact) mass is 319 g/mol. The van der Waals surface area contributed by atoms with Gasteiger partial charge in [0, 0.05) is 31.3 Å². The minimum atomic E-state index is -0.730. The molecule has 1 aliphatic heterocycles. The first-order valence-corrected chi connectivity index (χ1v) is 7.85. The molecule has 6 heteroatoms. The Bertz CT molecular complexity index is 608. The summed E-state index contributed by atoms with van der Waals surface area (Å²) in [6.45, 7) is 9.16. The number of hydrogen-bond donors (Lipinski definition) is 1. The van der Waals surface area contributed by atoms with Gasteiger partial charge < -0.3 is 10.6 Å². The van der Waals surface area contributed by atoms with Crippen LogP contribution in [0, 0.1) is 15.5 Å². The third kappa shape index (κ3) is 3.37. The summed E-state index contributed by atoms with van der Waals surface area (Å²) in [7, 11) is 0. The molecule has 6 nitrogen and oxygen atoms in total. The molecule has 0 saturated carbocycles. The van der Waals surface area contributed by atoms with E-state index in [1.807, 2.05) is 18.7 Å². The average molecular weight is 319 g/mol. The zero-order valence-electron chi connectivity index (χ0n) is 14.2. The zero-order valence-corrected chi connectivity index (χ0v) is 14.2. The van der Waals surface area contributed by atoms with Crippen LogP contribution in [0.5, 0.6) is 0 Å². The van der Waals surface area contributed by atoms with E-state index in [1.165, 1.54) is 12.1 Å². The third-order valence-electron chi connectivity index (χ3n) is 4.93. The SMILES string of the molecule is CC(C)(C(=O)N1CCC(N)C(C)(C)C1)c1ccc([N+](=O)[O-])cc1. The van der Waals surface area contributed by atoms with Crippen LogP contribution in [0.4, 0.5) is 5.69 Å². The highest BCUT2D eigenvalue weighted by Crippen LogP contribution is 2.33. The molecule has 1 saturated heterocycles. The summed E-state index contributed by atoms with van der Waals surface area (Å²) in [5.41, 5.74) is 6.11. The van der Waals surface area contributed by atoms with Gasteiger partial charge in [-0.3, -0.25) is 14.9 Å². The number of carbonyl (C=O) groups is 1. The van der Waals surface area contributed by atoms with E-state index in [2.05, 4.69) is 13.8 Å². The molecule has 23 heavy (non-hydrogen) atoms. The van der Waals surface area contributed by atoms with E-state index in [-0.39, 0.29) is 23.1 Å². The van der Waals surface area contributed by atoms with Crippen LogP contribution in [0.1, 0.15) is 39.7 Å². The number of benzene rings is 1. The Hall–Kier alpha value is -1.95. The van der Waals surface area contributed by atoms with Crippen molar-refractivity contribution in [3.8, 4) is 0 Å². The van der Waals surface area contributed by atoms with Crippen molar-refractivity contribution in [1.29, 1.82) is 0 Å². The van der Waals surface area contributed by atoms with Crippen molar-refractivity contribution >= 4 is 11.6 Å². The molecule has 1 heterocycles. The normalized spacial score (nSPS) is 21.1. The molecule has 0 bridgehead atoms. The van der Waals surface area contributed by atoms with Crippen molar-refractivity contribution in [2.75, 3.05) is 13.1 Å². The van der Waals surface area contributed by atoms with E-state index in [4.69, 9.17) is 5.73 Å². The van der Waals surface area contributed by atoms with Crippen LogP contribution in [0.25, 0.3) is 0 Å². The number of piperidine rings is 1. The summed E-state index contributed by atoms with van der Waals surface area (Å²) in [4.78, 5) is 25.2. The van der Waals surface area contributed by atoms with Gasteiger partial charge in [0.25, 0.3) is 5.69 Å². The summed E-state index contributed by atoms with van der Waals surface area (Å²) in [5.74, 6) is 0.0336. The maximum Gasteiger partial charge on any atom is 0.269 e. The van der Waals surface area contributed by atoms with Crippen LogP contribution in [0.3, 0.4) is 0 Å². The molecule has 1 amide bonds. The lowest BCUT2D eigenvalue weighted by molar-refractivity contribution is -0.384. The Kier molecular flexibility index (Phi) is 4.48. The smallest absolute Gasteiger partial charge is 0.269 e. The number of rotatable bonds is 3. The number of likely N-dealkylation sites (tertiary alicyclic amines) is 1. The highest BCUT2D eigenvalue weighted by atomic mass is 16.6. The van der Waals surface area contributed by atoms with E-state index in [0.29, 0.717) is 13.1 Å². The summed E-state index contributed by atoms with van der Waals surface area (Å²) in [6, 6.07) is 6.31. The summed E-state index contributed by atoms with van der Waals surface area (Å²) < 4.78 is 0.